The number of amides is 2. The molecule has 2 aliphatic rings. The lowest BCUT2D eigenvalue weighted by Crippen LogP contribution is -2.41. The molecule has 30 heavy (non-hydrogen) atoms. The topological polar surface area (TPSA) is 62.3 Å². The van der Waals surface area contributed by atoms with E-state index in [-0.39, 0.29) is 11.8 Å². The number of carbonyl (C=O) groups is 2. The summed E-state index contributed by atoms with van der Waals surface area (Å²) in [6.45, 7) is 4.18. The Morgan fingerprint density at radius 1 is 1.13 bits per heavy atom. The van der Waals surface area contributed by atoms with Crippen molar-refractivity contribution in [3.8, 4) is 0 Å². The van der Waals surface area contributed by atoms with Gasteiger partial charge in [0.25, 0.3) is 5.91 Å². The molecule has 0 radical (unpaired) electrons. The first-order valence-corrected chi connectivity index (χ1v) is 12.1. The van der Waals surface area contributed by atoms with Gasteiger partial charge in [0.1, 0.15) is 5.69 Å². The molecule has 1 saturated heterocycles. The van der Waals surface area contributed by atoms with Crippen LogP contribution in [0, 0.1) is 12.8 Å². The Kier molecular flexibility index (Phi) is 6.82. The van der Waals surface area contributed by atoms with Gasteiger partial charge in [0, 0.05) is 36.9 Å². The van der Waals surface area contributed by atoms with E-state index in [0.29, 0.717) is 24.1 Å². The van der Waals surface area contributed by atoms with Crippen LogP contribution in [0.1, 0.15) is 77.5 Å². The van der Waals surface area contributed by atoms with Crippen LogP contribution in [0.5, 0.6) is 0 Å². The molecule has 2 aromatic rings. The van der Waals surface area contributed by atoms with Crippen molar-refractivity contribution in [2.24, 2.45) is 5.92 Å². The van der Waals surface area contributed by atoms with E-state index in [9.17, 15) is 9.59 Å². The maximum atomic E-state index is 12.8. The van der Waals surface area contributed by atoms with Gasteiger partial charge >= 0.3 is 0 Å². The first-order chi connectivity index (χ1) is 14.6. The smallest absolute Gasteiger partial charge is 0.271 e. The summed E-state index contributed by atoms with van der Waals surface area (Å²) in [6, 6.07) is 8.15. The van der Waals surface area contributed by atoms with Gasteiger partial charge in [-0.15, -0.1) is 11.3 Å². The normalized spacial score (nSPS) is 18.4. The molecule has 1 aliphatic heterocycles. The van der Waals surface area contributed by atoms with Gasteiger partial charge in [0.15, 0.2) is 0 Å². The van der Waals surface area contributed by atoms with Gasteiger partial charge in [-0.3, -0.25) is 9.59 Å². The predicted molar refractivity (Wildman–Crippen MR) is 120 cm³/mol. The number of piperidine rings is 1. The lowest BCUT2D eigenvalue weighted by molar-refractivity contribution is -0.137. The minimum absolute atomic E-state index is 0.121. The Labute approximate surface area is 182 Å². The summed E-state index contributed by atoms with van der Waals surface area (Å²) in [6.07, 6.45) is 7.67. The molecule has 1 aromatic heterocycles. The number of carbonyl (C=O) groups excluding carboxylic acids is 2. The van der Waals surface area contributed by atoms with Crippen molar-refractivity contribution in [1.29, 1.82) is 0 Å². The van der Waals surface area contributed by atoms with Crippen LogP contribution in [-0.4, -0.2) is 34.8 Å². The van der Waals surface area contributed by atoms with Crippen molar-refractivity contribution in [2.45, 2.75) is 64.3 Å². The second-order valence-electron chi connectivity index (χ2n) is 8.68. The van der Waals surface area contributed by atoms with Crippen molar-refractivity contribution in [3.05, 3.63) is 51.5 Å². The highest BCUT2D eigenvalue weighted by atomic mass is 32.1. The van der Waals surface area contributed by atoms with Crippen LogP contribution < -0.4 is 5.32 Å². The lowest BCUT2D eigenvalue weighted by atomic mass is 9.87. The largest absolute Gasteiger partial charge is 0.347 e. The van der Waals surface area contributed by atoms with Crippen LogP contribution >= 0.6 is 11.3 Å². The van der Waals surface area contributed by atoms with Gasteiger partial charge in [-0.2, -0.15) is 0 Å². The quantitative estimate of drug-likeness (QED) is 0.757. The molecule has 1 saturated carbocycles. The van der Waals surface area contributed by atoms with E-state index in [1.54, 1.807) is 11.3 Å². The summed E-state index contributed by atoms with van der Waals surface area (Å²) in [5.41, 5.74) is 2.78. The maximum Gasteiger partial charge on any atom is 0.271 e. The minimum atomic E-state index is -0.121. The third-order valence-corrected chi connectivity index (χ3v) is 7.41. The summed E-state index contributed by atoms with van der Waals surface area (Å²) >= 11 is 1.57. The number of aryl methyl sites for hydroxylation is 1. The first-order valence-electron chi connectivity index (χ1n) is 11.2. The first kappa shape index (κ1) is 21.0. The summed E-state index contributed by atoms with van der Waals surface area (Å²) < 4.78 is 0. The van der Waals surface area contributed by atoms with Crippen molar-refractivity contribution in [2.75, 3.05) is 13.1 Å². The maximum absolute atomic E-state index is 12.8. The summed E-state index contributed by atoms with van der Waals surface area (Å²) in [4.78, 5) is 31.9. The molecule has 6 heteroatoms. The molecule has 0 bridgehead atoms. The van der Waals surface area contributed by atoms with Crippen LogP contribution in [-0.2, 0) is 11.3 Å². The number of hydrogen-bond donors (Lipinski definition) is 1. The Bertz CT molecular complexity index is 880. The number of nitrogens with one attached hydrogen (secondary N) is 1. The number of nitrogens with zero attached hydrogens (tertiary/aromatic N) is 2. The molecule has 0 unspecified atom stereocenters. The van der Waals surface area contributed by atoms with Crippen LogP contribution in [0.4, 0.5) is 0 Å². The molecule has 5 nitrogen and oxygen atoms in total. The number of hydrogen-bond acceptors (Lipinski definition) is 4. The van der Waals surface area contributed by atoms with E-state index in [1.807, 2.05) is 30.5 Å². The van der Waals surface area contributed by atoms with Crippen molar-refractivity contribution in [1.82, 2.24) is 15.2 Å². The molecular formula is C24H31N3O2S. The highest BCUT2D eigenvalue weighted by Gasteiger charge is 2.30. The number of aromatic nitrogens is 1. The molecule has 0 atom stereocenters. The number of benzene rings is 1. The average molecular weight is 426 g/mol. The van der Waals surface area contributed by atoms with Crippen LogP contribution in [0.2, 0.25) is 0 Å². The monoisotopic (exact) mass is 425 g/mol. The molecule has 1 aliphatic carbocycles. The Morgan fingerprint density at radius 2 is 1.90 bits per heavy atom. The Balaban J connectivity index is 1.28. The minimum Gasteiger partial charge on any atom is -0.347 e. The van der Waals surface area contributed by atoms with E-state index in [1.165, 1.54) is 24.8 Å². The molecule has 0 spiro atoms. The van der Waals surface area contributed by atoms with Crippen LogP contribution in [0.15, 0.2) is 29.6 Å². The van der Waals surface area contributed by atoms with Crippen LogP contribution in [0.3, 0.4) is 0 Å². The van der Waals surface area contributed by atoms with Crippen LogP contribution in [0.25, 0.3) is 0 Å². The van der Waals surface area contributed by atoms with Crippen molar-refractivity contribution in [3.63, 3.8) is 0 Å². The van der Waals surface area contributed by atoms with E-state index >= 15 is 0 Å². The number of rotatable bonds is 5. The van der Waals surface area contributed by atoms with Gasteiger partial charge in [0.2, 0.25) is 5.91 Å². The number of likely N-dealkylation sites (tertiary alicyclic amines) is 1. The molecule has 2 heterocycles. The standard InChI is InChI=1S/C24H31N3O2S/c1-17-6-5-7-18(14-17)15-25-22(28)21-16-30-23(26-21)19-10-12-27(13-11-19)24(29)20-8-3-2-4-9-20/h5-7,14,16,19-20H,2-4,8-13,15H2,1H3,(H,25,28). The second-order valence-corrected chi connectivity index (χ2v) is 9.57. The van der Waals surface area contributed by atoms with Gasteiger partial charge in [-0.05, 0) is 38.2 Å². The van der Waals surface area contributed by atoms with Crippen molar-refractivity contribution >= 4 is 23.2 Å². The highest BCUT2D eigenvalue weighted by Crippen LogP contribution is 2.32. The fourth-order valence-electron chi connectivity index (χ4n) is 4.63. The molecule has 4 rings (SSSR count). The van der Waals surface area contributed by atoms with Gasteiger partial charge in [0.05, 0.1) is 5.01 Å². The number of thiazole rings is 1. The summed E-state index contributed by atoms with van der Waals surface area (Å²) in [5, 5.41) is 5.86. The lowest BCUT2D eigenvalue weighted by Gasteiger charge is -2.34. The third kappa shape index (κ3) is 5.09. The van der Waals surface area contributed by atoms with Gasteiger partial charge in [-0.25, -0.2) is 4.98 Å². The second kappa shape index (κ2) is 9.73. The van der Waals surface area contributed by atoms with Crippen molar-refractivity contribution < 1.29 is 9.59 Å². The molecular weight excluding hydrogens is 394 g/mol. The zero-order valence-corrected chi connectivity index (χ0v) is 18.5. The fourth-order valence-corrected chi connectivity index (χ4v) is 5.60. The molecule has 2 amide bonds. The average Bonchev–Trinajstić information content (AvgIpc) is 3.28. The Hall–Kier alpha value is -2.21. The van der Waals surface area contributed by atoms with E-state index < -0.39 is 0 Å². The molecule has 1 N–H and O–H groups in total. The fraction of sp³-hybridized carbons (Fsp3) is 0.542. The van der Waals surface area contributed by atoms with E-state index in [4.69, 9.17) is 0 Å². The van der Waals surface area contributed by atoms with E-state index in [2.05, 4.69) is 21.3 Å². The third-order valence-electron chi connectivity index (χ3n) is 6.40. The molecule has 160 valence electrons. The van der Waals surface area contributed by atoms with Gasteiger partial charge < -0.3 is 10.2 Å². The molecule has 1 aromatic carbocycles. The molecule has 2 fully saturated rings. The summed E-state index contributed by atoms with van der Waals surface area (Å²) in [5.74, 6) is 0.843. The van der Waals surface area contributed by atoms with E-state index in [0.717, 1.165) is 49.3 Å². The zero-order chi connectivity index (χ0) is 20.9. The SMILES string of the molecule is Cc1cccc(CNC(=O)c2csc(C3CCN(C(=O)C4CCCCC4)CC3)n2)c1. The zero-order valence-electron chi connectivity index (χ0n) is 17.7. The Morgan fingerprint density at radius 3 is 2.63 bits per heavy atom. The highest BCUT2D eigenvalue weighted by molar-refractivity contribution is 7.09. The predicted octanol–water partition coefficient (Wildman–Crippen LogP) is 4.67. The van der Waals surface area contributed by atoms with Gasteiger partial charge in [-0.1, -0.05) is 49.1 Å². The summed E-state index contributed by atoms with van der Waals surface area (Å²) in [7, 11) is 0.